The summed E-state index contributed by atoms with van der Waals surface area (Å²) in [4.78, 5) is 24.1. The maximum atomic E-state index is 11.8. The number of urea groups is 1. The molecular formula is C12H15ClN2O3. The highest BCUT2D eigenvalue weighted by atomic mass is 35.5. The van der Waals surface area contributed by atoms with E-state index in [1.807, 2.05) is 13.8 Å². The number of amides is 2. The zero-order chi connectivity index (χ0) is 13.9. The van der Waals surface area contributed by atoms with E-state index in [4.69, 9.17) is 16.7 Å². The summed E-state index contributed by atoms with van der Waals surface area (Å²) in [6.45, 7) is 3.75. The van der Waals surface area contributed by atoms with E-state index in [9.17, 15) is 9.59 Å². The van der Waals surface area contributed by atoms with Crippen LogP contribution in [0.5, 0.6) is 0 Å². The van der Waals surface area contributed by atoms with Crippen molar-refractivity contribution in [2.45, 2.75) is 19.9 Å². The number of halogens is 1. The molecule has 0 aliphatic rings. The molecule has 0 atom stereocenters. The van der Waals surface area contributed by atoms with Gasteiger partial charge < -0.3 is 15.3 Å². The number of carbonyl (C=O) groups excluding carboxylic acids is 1. The minimum Gasteiger partial charge on any atom is -0.478 e. The van der Waals surface area contributed by atoms with E-state index in [0.717, 1.165) is 0 Å². The zero-order valence-electron chi connectivity index (χ0n) is 10.4. The van der Waals surface area contributed by atoms with Crippen LogP contribution in [-0.4, -0.2) is 35.1 Å². The molecule has 18 heavy (non-hydrogen) atoms. The SMILES string of the molecule is CC(C)N(C)C(=O)Nc1cc(Cl)cc(C(=O)O)c1. The van der Waals surface area contributed by atoms with Gasteiger partial charge in [-0.15, -0.1) is 0 Å². The molecule has 2 amide bonds. The van der Waals surface area contributed by atoms with Crippen LogP contribution in [-0.2, 0) is 0 Å². The lowest BCUT2D eigenvalue weighted by Crippen LogP contribution is -2.36. The number of carboxylic acid groups (broad SMARTS) is 1. The third kappa shape index (κ3) is 3.63. The van der Waals surface area contributed by atoms with Gasteiger partial charge in [0.1, 0.15) is 0 Å². The highest BCUT2D eigenvalue weighted by molar-refractivity contribution is 6.31. The van der Waals surface area contributed by atoms with Crippen molar-refractivity contribution < 1.29 is 14.7 Å². The van der Waals surface area contributed by atoms with Gasteiger partial charge in [-0.2, -0.15) is 0 Å². The van der Waals surface area contributed by atoms with Crippen LogP contribution in [0.15, 0.2) is 18.2 Å². The van der Waals surface area contributed by atoms with Crippen LogP contribution >= 0.6 is 11.6 Å². The summed E-state index contributed by atoms with van der Waals surface area (Å²) in [6, 6.07) is 3.92. The first-order chi connectivity index (χ1) is 8.31. The van der Waals surface area contributed by atoms with Gasteiger partial charge in [-0.3, -0.25) is 0 Å². The smallest absolute Gasteiger partial charge is 0.335 e. The first kappa shape index (κ1) is 14.3. The third-order valence-electron chi connectivity index (χ3n) is 2.49. The molecule has 98 valence electrons. The summed E-state index contributed by atoms with van der Waals surface area (Å²) in [5.41, 5.74) is 0.391. The summed E-state index contributed by atoms with van der Waals surface area (Å²) >= 11 is 5.79. The molecule has 0 spiro atoms. The minimum absolute atomic E-state index is 0.0324. The molecule has 0 radical (unpaired) electrons. The topological polar surface area (TPSA) is 69.6 Å². The maximum Gasteiger partial charge on any atom is 0.335 e. The number of nitrogens with one attached hydrogen (secondary N) is 1. The third-order valence-corrected chi connectivity index (χ3v) is 2.71. The number of benzene rings is 1. The molecule has 1 aromatic carbocycles. The molecule has 6 heteroatoms. The largest absolute Gasteiger partial charge is 0.478 e. The fourth-order valence-electron chi connectivity index (χ4n) is 1.23. The molecule has 0 fully saturated rings. The van der Waals surface area contributed by atoms with Crippen molar-refractivity contribution in [2.75, 3.05) is 12.4 Å². The van der Waals surface area contributed by atoms with E-state index in [2.05, 4.69) is 5.32 Å². The summed E-state index contributed by atoms with van der Waals surface area (Å²) < 4.78 is 0. The van der Waals surface area contributed by atoms with E-state index >= 15 is 0 Å². The molecule has 0 aliphatic carbocycles. The van der Waals surface area contributed by atoms with Gasteiger partial charge in [-0.1, -0.05) is 11.6 Å². The molecule has 1 rings (SSSR count). The molecule has 0 bridgehead atoms. The molecule has 0 heterocycles. The van der Waals surface area contributed by atoms with Gasteiger partial charge in [-0.25, -0.2) is 9.59 Å². The number of rotatable bonds is 3. The Morgan fingerprint density at radius 1 is 1.33 bits per heavy atom. The fourth-order valence-corrected chi connectivity index (χ4v) is 1.47. The van der Waals surface area contributed by atoms with Gasteiger partial charge in [0, 0.05) is 23.8 Å². The fraction of sp³-hybridized carbons (Fsp3) is 0.333. The standard InChI is InChI=1S/C12H15ClN2O3/c1-7(2)15(3)12(18)14-10-5-8(11(16)17)4-9(13)6-10/h4-7H,1-3H3,(H,14,18)(H,16,17). The summed E-state index contributed by atoms with van der Waals surface area (Å²) in [7, 11) is 1.66. The van der Waals surface area contributed by atoms with Gasteiger partial charge in [-0.05, 0) is 32.0 Å². The monoisotopic (exact) mass is 270 g/mol. The van der Waals surface area contributed by atoms with E-state index in [-0.39, 0.29) is 22.7 Å². The molecule has 0 unspecified atom stereocenters. The lowest BCUT2D eigenvalue weighted by atomic mass is 10.2. The van der Waals surface area contributed by atoms with Crippen LogP contribution in [0.3, 0.4) is 0 Å². The van der Waals surface area contributed by atoms with Crippen LogP contribution in [0.25, 0.3) is 0 Å². The van der Waals surface area contributed by atoms with Crippen molar-refractivity contribution >= 4 is 29.3 Å². The number of anilines is 1. The number of aromatic carboxylic acids is 1. The lowest BCUT2D eigenvalue weighted by Gasteiger charge is -2.22. The van der Waals surface area contributed by atoms with Gasteiger partial charge in [0.2, 0.25) is 0 Å². The second-order valence-corrected chi connectivity index (χ2v) is 4.60. The van der Waals surface area contributed by atoms with Crippen molar-refractivity contribution in [1.29, 1.82) is 0 Å². The van der Waals surface area contributed by atoms with Crippen LogP contribution < -0.4 is 5.32 Å². The van der Waals surface area contributed by atoms with Crippen molar-refractivity contribution in [1.82, 2.24) is 4.90 Å². The first-order valence-corrected chi connectivity index (χ1v) is 5.76. The predicted molar refractivity (Wildman–Crippen MR) is 70.3 cm³/mol. The summed E-state index contributed by atoms with van der Waals surface area (Å²) in [5.74, 6) is -1.09. The molecule has 5 nitrogen and oxygen atoms in total. The van der Waals surface area contributed by atoms with Crippen LogP contribution in [0.4, 0.5) is 10.5 Å². The molecule has 0 aromatic heterocycles. The van der Waals surface area contributed by atoms with Gasteiger partial charge in [0.25, 0.3) is 0 Å². The molecular weight excluding hydrogens is 256 g/mol. The Hall–Kier alpha value is -1.75. The predicted octanol–water partition coefficient (Wildman–Crippen LogP) is 2.91. The average Bonchev–Trinajstić information content (AvgIpc) is 2.26. The van der Waals surface area contributed by atoms with Crippen molar-refractivity contribution in [3.63, 3.8) is 0 Å². The Balaban J connectivity index is 2.91. The number of carboxylic acids is 1. The van der Waals surface area contributed by atoms with Gasteiger partial charge in [0.15, 0.2) is 0 Å². The lowest BCUT2D eigenvalue weighted by molar-refractivity contribution is 0.0697. The highest BCUT2D eigenvalue weighted by Crippen LogP contribution is 2.19. The Labute approximate surface area is 110 Å². The quantitative estimate of drug-likeness (QED) is 0.887. The number of hydrogen-bond donors (Lipinski definition) is 2. The minimum atomic E-state index is -1.09. The van der Waals surface area contributed by atoms with Crippen molar-refractivity contribution in [2.24, 2.45) is 0 Å². The molecule has 0 aliphatic heterocycles. The number of hydrogen-bond acceptors (Lipinski definition) is 2. The number of nitrogens with zero attached hydrogens (tertiary/aromatic N) is 1. The van der Waals surface area contributed by atoms with E-state index in [1.165, 1.54) is 23.1 Å². The van der Waals surface area contributed by atoms with E-state index in [0.29, 0.717) is 5.69 Å². The molecule has 2 N–H and O–H groups in total. The van der Waals surface area contributed by atoms with Crippen LogP contribution in [0.2, 0.25) is 5.02 Å². The normalized spacial score (nSPS) is 10.3. The molecule has 0 saturated carbocycles. The van der Waals surface area contributed by atoms with Crippen molar-refractivity contribution in [3.8, 4) is 0 Å². The van der Waals surface area contributed by atoms with Crippen LogP contribution in [0, 0.1) is 0 Å². The Kier molecular flexibility index (Phi) is 4.55. The molecule has 0 saturated heterocycles. The number of carbonyl (C=O) groups is 2. The summed E-state index contributed by atoms with van der Waals surface area (Å²) in [5, 5.41) is 11.7. The maximum absolute atomic E-state index is 11.8. The Morgan fingerprint density at radius 2 is 1.94 bits per heavy atom. The average molecular weight is 271 g/mol. The highest BCUT2D eigenvalue weighted by Gasteiger charge is 2.13. The van der Waals surface area contributed by atoms with Gasteiger partial charge in [0.05, 0.1) is 5.56 Å². The van der Waals surface area contributed by atoms with E-state index < -0.39 is 5.97 Å². The van der Waals surface area contributed by atoms with E-state index in [1.54, 1.807) is 7.05 Å². The van der Waals surface area contributed by atoms with Gasteiger partial charge >= 0.3 is 12.0 Å². The zero-order valence-corrected chi connectivity index (χ0v) is 11.2. The van der Waals surface area contributed by atoms with Crippen molar-refractivity contribution in [3.05, 3.63) is 28.8 Å². The Bertz CT molecular complexity index is 474. The van der Waals surface area contributed by atoms with Crippen LogP contribution in [0.1, 0.15) is 24.2 Å². The second kappa shape index (κ2) is 5.73. The molecule has 1 aromatic rings. The summed E-state index contributed by atoms with van der Waals surface area (Å²) in [6.07, 6.45) is 0. The Morgan fingerprint density at radius 3 is 2.44 bits per heavy atom. The second-order valence-electron chi connectivity index (χ2n) is 4.17. The first-order valence-electron chi connectivity index (χ1n) is 5.39.